The number of hydrogen-bond donors (Lipinski definition) is 2. The van der Waals surface area contributed by atoms with Gasteiger partial charge in [0.05, 0.1) is 17.0 Å². The molecule has 0 unspecified atom stereocenters. The number of sulfonamides is 1. The molecule has 4 nitrogen and oxygen atoms in total. The van der Waals surface area contributed by atoms with E-state index in [0.29, 0.717) is 4.34 Å². The predicted molar refractivity (Wildman–Crippen MR) is 105 cm³/mol. The Hall–Kier alpha value is -1.70. The number of hydrogen-bond acceptors (Lipinski definition) is 4. The van der Waals surface area contributed by atoms with Gasteiger partial charge in [-0.25, -0.2) is 13.1 Å². The van der Waals surface area contributed by atoms with E-state index < -0.39 is 16.1 Å². The van der Waals surface area contributed by atoms with Crippen molar-refractivity contribution in [1.82, 2.24) is 4.72 Å². The summed E-state index contributed by atoms with van der Waals surface area (Å²) in [4.78, 5) is 0. The highest BCUT2D eigenvalue weighted by Gasteiger charge is 2.29. The van der Waals surface area contributed by atoms with Crippen molar-refractivity contribution in [2.45, 2.75) is 16.2 Å². The normalized spacial score (nSPS) is 13.0. The number of aliphatic hydroxyl groups is 1. The Balaban J connectivity index is 1.99. The molecule has 0 aliphatic heterocycles. The quantitative estimate of drug-likeness (QED) is 0.624. The van der Waals surface area contributed by atoms with Crippen LogP contribution in [0.1, 0.15) is 17.0 Å². The first-order valence-electron chi connectivity index (χ1n) is 7.99. The van der Waals surface area contributed by atoms with Crippen molar-refractivity contribution in [3.05, 3.63) is 88.3 Å². The van der Waals surface area contributed by atoms with Crippen LogP contribution in [0.15, 0.2) is 77.0 Å². The second-order valence-electron chi connectivity index (χ2n) is 5.77. The highest BCUT2D eigenvalue weighted by atomic mass is 35.5. The molecule has 0 bridgehead atoms. The van der Waals surface area contributed by atoms with Gasteiger partial charge in [-0.1, -0.05) is 72.3 Å². The molecule has 136 valence electrons. The van der Waals surface area contributed by atoms with E-state index in [1.165, 1.54) is 6.07 Å². The van der Waals surface area contributed by atoms with Crippen LogP contribution in [0.3, 0.4) is 0 Å². The molecule has 1 heterocycles. The Kier molecular flexibility index (Phi) is 6.11. The van der Waals surface area contributed by atoms with Crippen molar-refractivity contribution >= 4 is 33.0 Å². The van der Waals surface area contributed by atoms with Crippen LogP contribution in [0.25, 0.3) is 0 Å². The molecule has 3 aromatic rings. The van der Waals surface area contributed by atoms with Crippen molar-refractivity contribution < 1.29 is 13.5 Å². The summed E-state index contributed by atoms with van der Waals surface area (Å²) in [5.74, 6) is -0.326. The third-order valence-corrected chi connectivity index (χ3v) is 7.25. The summed E-state index contributed by atoms with van der Waals surface area (Å²) < 4.78 is 28.6. The van der Waals surface area contributed by atoms with Gasteiger partial charge < -0.3 is 5.11 Å². The number of halogens is 1. The average Bonchev–Trinajstić information content (AvgIpc) is 3.10. The topological polar surface area (TPSA) is 66.4 Å². The molecule has 3 rings (SSSR count). The summed E-state index contributed by atoms with van der Waals surface area (Å²) in [5, 5.41) is 9.98. The first-order chi connectivity index (χ1) is 12.5. The Labute approximate surface area is 162 Å². The number of aliphatic hydroxyl groups excluding tert-OH is 1. The van der Waals surface area contributed by atoms with E-state index in [1.807, 2.05) is 60.7 Å². The fourth-order valence-corrected chi connectivity index (χ4v) is 5.63. The van der Waals surface area contributed by atoms with Crippen LogP contribution >= 0.6 is 22.9 Å². The second kappa shape index (κ2) is 8.33. The largest absolute Gasteiger partial charge is 0.395 e. The minimum absolute atomic E-state index is 0.126. The van der Waals surface area contributed by atoms with Crippen LogP contribution < -0.4 is 4.72 Å². The van der Waals surface area contributed by atoms with Crippen LogP contribution in [0, 0.1) is 0 Å². The Bertz CT molecular complexity index is 904. The zero-order valence-corrected chi connectivity index (χ0v) is 16.1. The van der Waals surface area contributed by atoms with E-state index in [4.69, 9.17) is 11.6 Å². The van der Waals surface area contributed by atoms with Crippen LogP contribution in [-0.4, -0.2) is 26.2 Å². The van der Waals surface area contributed by atoms with Crippen LogP contribution in [0.2, 0.25) is 4.34 Å². The van der Waals surface area contributed by atoms with Crippen LogP contribution in [0.4, 0.5) is 0 Å². The van der Waals surface area contributed by atoms with Crippen molar-refractivity contribution in [3.8, 4) is 0 Å². The van der Waals surface area contributed by atoms with Crippen molar-refractivity contribution in [1.29, 1.82) is 0 Å². The maximum Gasteiger partial charge on any atom is 0.250 e. The molecule has 1 aromatic heterocycles. The lowest BCUT2D eigenvalue weighted by atomic mass is 9.86. The summed E-state index contributed by atoms with van der Waals surface area (Å²) in [5.41, 5.74) is 1.84. The number of nitrogens with one attached hydrogen (secondary N) is 1. The van der Waals surface area contributed by atoms with Gasteiger partial charge in [0.15, 0.2) is 0 Å². The standard InChI is InChI=1S/C19H18ClNO3S2/c20-17-11-12-18(25-17)26(23,24)21-16(13-22)19(14-7-3-1-4-8-14)15-9-5-2-6-10-15/h1-12,16,19,21-22H,13H2/t16-/m1/s1. The maximum atomic E-state index is 12.7. The summed E-state index contributed by atoms with van der Waals surface area (Å²) in [6.45, 7) is -0.340. The van der Waals surface area contributed by atoms with Gasteiger partial charge in [0, 0.05) is 5.92 Å². The third kappa shape index (κ3) is 4.34. The lowest BCUT2D eigenvalue weighted by molar-refractivity contribution is 0.246. The van der Waals surface area contributed by atoms with Gasteiger partial charge in [-0.15, -0.1) is 11.3 Å². The summed E-state index contributed by atoms with van der Waals surface area (Å²) >= 11 is 6.85. The fraction of sp³-hybridized carbons (Fsp3) is 0.158. The first kappa shape index (κ1) is 19.1. The van der Waals surface area contributed by atoms with Gasteiger partial charge in [0.1, 0.15) is 4.21 Å². The monoisotopic (exact) mass is 407 g/mol. The van der Waals surface area contributed by atoms with E-state index in [0.717, 1.165) is 22.5 Å². The van der Waals surface area contributed by atoms with Gasteiger partial charge in [-0.3, -0.25) is 0 Å². The van der Waals surface area contributed by atoms with Gasteiger partial charge in [0.2, 0.25) is 10.0 Å². The Morgan fingerprint density at radius 1 is 0.923 bits per heavy atom. The summed E-state index contributed by atoms with van der Waals surface area (Å²) in [7, 11) is -3.79. The lowest BCUT2D eigenvalue weighted by Gasteiger charge is -2.27. The van der Waals surface area contributed by atoms with E-state index in [2.05, 4.69) is 4.72 Å². The SMILES string of the molecule is O=S(=O)(N[C@H](CO)C(c1ccccc1)c1ccccc1)c1ccc(Cl)s1. The summed E-state index contributed by atoms with van der Waals surface area (Å²) in [6, 6.07) is 21.4. The van der Waals surface area contributed by atoms with Gasteiger partial charge in [-0.2, -0.15) is 0 Å². The minimum atomic E-state index is -3.79. The highest BCUT2D eigenvalue weighted by molar-refractivity contribution is 7.91. The third-order valence-electron chi connectivity index (χ3n) is 4.04. The van der Waals surface area contributed by atoms with Crippen LogP contribution in [-0.2, 0) is 10.0 Å². The highest BCUT2D eigenvalue weighted by Crippen LogP contribution is 2.30. The fourth-order valence-electron chi connectivity index (χ4n) is 2.89. The van der Waals surface area contributed by atoms with Crippen LogP contribution in [0.5, 0.6) is 0 Å². The molecule has 2 N–H and O–H groups in total. The molecule has 0 saturated heterocycles. The van der Waals surface area contributed by atoms with E-state index in [9.17, 15) is 13.5 Å². The number of thiophene rings is 1. The molecule has 0 radical (unpaired) electrons. The molecule has 0 fully saturated rings. The van der Waals surface area contributed by atoms with E-state index >= 15 is 0 Å². The molecular weight excluding hydrogens is 390 g/mol. The number of rotatable bonds is 7. The van der Waals surface area contributed by atoms with Crippen molar-refractivity contribution in [3.63, 3.8) is 0 Å². The Morgan fingerprint density at radius 3 is 1.88 bits per heavy atom. The molecule has 0 aliphatic carbocycles. The van der Waals surface area contributed by atoms with Crippen molar-refractivity contribution in [2.24, 2.45) is 0 Å². The van der Waals surface area contributed by atoms with Gasteiger partial charge in [0.25, 0.3) is 0 Å². The molecule has 0 spiro atoms. The average molecular weight is 408 g/mol. The van der Waals surface area contributed by atoms with E-state index in [1.54, 1.807) is 6.07 Å². The lowest BCUT2D eigenvalue weighted by Crippen LogP contribution is -2.42. The first-order valence-corrected chi connectivity index (χ1v) is 10.7. The van der Waals surface area contributed by atoms with Gasteiger partial charge >= 0.3 is 0 Å². The zero-order valence-electron chi connectivity index (χ0n) is 13.7. The van der Waals surface area contributed by atoms with Gasteiger partial charge in [-0.05, 0) is 23.3 Å². The summed E-state index contributed by atoms with van der Waals surface area (Å²) in [6.07, 6.45) is 0. The smallest absolute Gasteiger partial charge is 0.250 e. The molecule has 26 heavy (non-hydrogen) atoms. The molecule has 0 aliphatic rings. The molecular formula is C19H18ClNO3S2. The number of benzene rings is 2. The maximum absolute atomic E-state index is 12.7. The Morgan fingerprint density at radius 2 is 1.46 bits per heavy atom. The van der Waals surface area contributed by atoms with E-state index in [-0.39, 0.29) is 16.7 Å². The second-order valence-corrected chi connectivity index (χ2v) is 9.42. The zero-order chi connectivity index (χ0) is 18.6. The minimum Gasteiger partial charge on any atom is -0.395 e. The van der Waals surface area contributed by atoms with Crippen molar-refractivity contribution in [2.75, 3.05) is 6.61 Å². The molecule has 0 amide bonds. The molecule has 7 heteroatoms. The predicted octanol–water partition coefficient (Wildman–Crippen LogP) is 3.87. The molecule has 1 atom stereocenters. The molecule has 0 saturated carbocycles. The molecule has 2 aromatic carbocycles.